The van der Waals surface area contributed by atoms with Gasteiger partial charge in [-0.15, -0.1) is 0 Å². The van der Waals surface area contributed by atoms with E-state index in [0.29, 0.717) is 19.1 Å². The lowest BCUT2D eigenvalue weighted by atomic mass is 9.96. The van der Waals surface area contributed by atoms with Gasteiger partial charge in [-0.2, -0.15) is 0 Å². The lowest BCUT2D eigenvalue weighted by molar-refractivity contribution is -0.126. The van der Waals surface area contributed by atoms with Gasteiger partial charge in [-0.1, -0.05) is 0 Å². The summed E-state index contributed by atoms with van der Waals surface area (Å²) >= 11 is 0. The van der Waals surface area contributed by atoms with Crippen LogP contribution in [0.25, 0.3) is 0 Å². The lowest BCUT2D eigenvalue weighted by Gasteiger charge is -2.32. The number of urea groups is 1. The molecule has 0 spiro atoms. The Morgan fingerprint density at radius 3 is 2.22 bits per heavy atom. The lowest BCUT2D eigenvalue weighted by Crippen LogP contribution is -2.48. The molecule has 0 radical (unpaired) electrons. The number of nitrogens with one attached hydrogen (secondary N) is 2. The van der Waals surface area contributed by atoms with Crippen LogP contribution in [0.15, 0.2) is 0 Å². The predicted molar refractivity (Wildman–Crippen MR) is 69.1 cm³/mol. The van der Waals surface area contributed by atoms with Gasteiger partial charge in [-0.3, -0.25) is 4.79 Å². The average molecular weight is 253 g/mol. The summed E-state index contributed by atoms with van der Waals surface area (Å²) in [6.45, 7) is 5.27. The Kier molecular flexibility index (Phi) is 4.09. The summed E-state index contributed by atoms with van der Waals surface area (Å²) in [5, 5.41) is 5.93. The fraction of sp³-hybridized carbons (Fsp3) is 0.846. The number of hydrogen-bond acceptors (Lipinski definition) is 2. The SMILES string of the molecule is CC(C)NC(=O)N1CCC(C(=O)NC2CC2)CC1. The van der Waals surface area contributed by atoms with Crippen LogP contribution >= 0.6 is 0 Å². The van der Waals surface area contributed by atoms with E-state index in [1.54, 1.807) is 4.90 Å². The summed E-state index contributed by atoms with van der Waals surface area (Å²) in [7, 11) is 0. The molecular formula is C13H23N3O2. The predicted octanol–water partition coefficient (Wildman–Crippen LogP) is 1.09. The van der Waals surface area contributed by atoms with Crippen LogP contribution in [-0.2, 0) is 4.79 Å². The first-order chi connectivity index (χ1) is 8.56. The van der Waals surface area contributed by atoms with Gasteiger partial charge in [-0.25, -0.2) is 4.79 Å². The van der Waals surface area contributed by atoms with Crippen LogP contribution < -0.4 is 10.6 Å². The van der Waals surface area contributed by atoms with Crippen molar-refractivity contribution in [3.8, 4) is 0 Å². The van der Waals surface area contributed by atoms with E-state index in [2.05, 4.69) is 10.6 Å². The molecule has 5 nitrogen and oxygen atoms in total. The van der Waals surface area contributed by atoms with Gasteiger partial charge in [-0.05, 0) is 39.5 Å². The van der Waals surface area contributed by atoms with Gasteiger partial charge in [0.1, 0.15) is 0 Å². The first-order valence-electron chi connectivity index (χ1n) is 6.92. The van der Waals surface area contributed by atoms with Crippen LogP contribution in [0.5, 0.6) is 0 Å². The Morgan fingerprint density at radius 2 is 1.72 bits per heavy atom. The van der Waals surface area contributed by atoms with Crippen molar-refractivity contribution in [2.75, 3.05) is 13.1 Å². The molecule has 18 heavy (non-hydrogen) atoms. The Bertz CT molecular complexity index is 294. The smallest absolute Gasteiger partial charge is 0.317 e. The number of rotatable bonds is 3. The number of likely N-dealkylation sites (tertiary alicyclic amines) is 1. The highest BCUT2D eigenvalue weighted by Gasteiger charge is 2.31. The summed E-state index contributed by atoms with van der Waals surface area (Å²) in [5.41, 5.74) is 0. The topological polar surface area (TPSA) is 61.4 Å². The second-order valence-electron chi connectivity index (χ2n) is 5.65. The maximum atomic E-state index is 11.9. The average Bonchev–Trinajstić information content (AvgIpc) is 3.12. The zero-order chi connectivity index (χ0) is 13.1. The quantitative estimate of drug-likeness (QED) is 0.791. The Hall–Kier alpha value is -1.26. The molecule has 5 heteroatoms. The van der Waals surface area contributed by atoms with Crippen molar-refractivity contribution in [1.29, 1.82) is 0 Å². The third-order valence-electron chi connectivity index (χ3n) is 3.49. The zero-order valence-electron chi connectivity index (χ0n) is 11.2. The van der Waals surface area contributed by atoms with Crippen molar-refractivity contribution in [1.82, 2.24) is 15.5 Å². The summed E-state index contributed by atoms with van der Waals surface area (Å²) in [6, 6.07) is 0.583. The molecule has 0 aromatic heterocycles. The van der Waals surface area contributed by atoms with E-state index in [1.165, 1.54) is 0 Å². The molecular weight excluding hydrogens is 230 g/mol. The first-order valence-corrected chi connectivity index (χ1v) is 6.92. The highest BCUT2D eigenvalue weighted by molar-refractivity contribution is 5.80. The molecule has 1 aliphatic heterocycles. The number of nitrogens with zero attached hydrogens (tertiary/aromatic N) is 1. The van der Waals surface area contributed by atoms with Crippen molar-refractivity contribution in [2.45, 2.75) is 51.6 Å². The van der Waals surface area contributed by atoms with Gasteiger partial charge in [0, 0.05) is 31.1 Å². The Labute approximate surface area is 108 Å². The van der Waals surface area contributed by atoms with Crippen molar-refractivity contribution in [3.05, 3.63) is 0 Å². The van der Waals surface area contributed by atoms with Gasteiger partial charge in [0.25, 0.3) is 0 Å². The summed E-state index contributed by atoms with van der Waals surface area (Å²) in [6.07, 6.45) is 3.82. The number of hydrogen-bond donors (Lipinski definition) is 2. The second-order valence-corrected chi connectivity index (χ2v) is 5.65. The van der Waals surface area contributed by atoms with E-state index >= 15 is 0 Å². The van der Waals surface area contributed by atoms with Crippen LogP contribution in [0.1, 0.15) is 39.5 Å². The number of carbonyl (C=O) groups is 2. The van der Waals surface area contributed by atoms with E-state index in [0.717, 1.165) is 25.7 Å². The first kappa shape index (κ1) is 13.2. The van der Waals surface area contributed by atoms with Gasteiger partial charge in [0.2, 0.25) is 5.91 Å². The summed E-state index contributed by atoms with van der Waals surface area (Å²) in [5.74, 6) is 0.273. The molecule has 0 atom stereocenters. The fourth-order valence-electron chi connectivity index (χ4n) is 2.23. The summed E-state index contributed by atoms with van der Waals surface area (Å²) in [4.78, 5) is 25.5. The molecule has 0 unspecified atom stereocenters. The minimum atomic E-state index is -0.00829. The van der Waals surface area contributed by atoms with E-state index in [-0.39, 0.29) is 23.9 Å². The molecule has 0 bridgehead atoms. The van der Waals surface area contributed by atoms with Gasteiger partial charge in [0.15, 0.2) is 0 Å². The molecule has 3 amide bonds. The van der Waals surface area contributed by atoms with Crippen LogP contribution in [-0.4, -0.2) is 42.0 Å². The number of amides is 3. The molecule has 2 rings (SSSR count). The molecule has 0 aromatic carbocycles. The molecule has 1 saturated heterocycles. The highest BCUT2D eigenvalue weighted by atomic mass is 16.2. The maximum absolute atomic E-state index is 11.9. The van der Waals surface area contributed by atoms with E-state index in [1.807, 2.05) is 13.8 Å². The van der Waals surface area contributed by atoms with Crippen molar-refractivity contribution in [3.63, 3.8) is 0 Å². The van der Waals surface area contributed by atoms with Gasteiger partial charge >= 0.3 is 6.03 Å². The van der Waals surface area contributed by atoms with Crippen LogP contribution in [0, 0.1) is 5.92 Å². The van der Waals surface area contributed by atoms with Crippen LogP contribution in [0.4, 0.5) is 4.79 Å². The largest absolute Gasteiger partial charge is 0.353 e. The molecule has 2 aliphatic rings. The molecule has 1 saturated carbocycles. The Balaban J connectivity index is 1.73. The van der Waals surface area contributed by atoms with Crippen LogP contribution in [0.3, 0.4) is 0 Å². The molecule has 2 fully saturated rings. The minimum absolute atomic E-state index is 0.00829. The standard InChI is InChI=1S/C13H23N3O2/c1-9(2)14-13(18)16-7-5-10(6-8-16)12(17)15-11-3-4-11/h9-11H,3-8H2,1-2H3,(H,14,18)(H,15,17). The summed E-state index contributed by atoms with van der Waals surface area (Å²) < 4.78 is 0. The Morgan fingerprint density at radius 1 is 1.11 bits per heavy atom. The van der Waals surface area contributed by atoms with Crippen molar-refractivity contribution in [2.24, 2.45) is 5.92 Å². The van der Waals surface area contributed by atoms with E-state index < -0.39 is 0 Å². The molecule has 1 aliphatic carbocycles. The third-order valence-corrected chi connectivity index (χ3v) is 3.49. The second kappa shape index (κ2) is 5.59. The number of carbonyl (C=O) groups excluding carboxylic acids is 2. The highest BCUT2D eigenvalue weighted by Crippen LogP contribution is 2.22. The molecule has 1 heterocycles. The third kappa shape index (κ3) is 3.62. The monoisotopic (exact) mass is 253 g/mol. The van der Waals surface area contributed by atoms with Crippen molar-refractivity contribution < 1.29 is 9.59 Å². The zero-order valence-corrected chi connectivity index (χ0v) is 11.2. The van der Waals surface area contributed by atoms with Gasteiger partial charge < -0.3 is 15.5 Å². The molecule has 0 aromatic rings. The van der Waals surface area contributed by atoms with Crippen molar-refractivity contribution >= 4 is 11.9 Å². The minimum Gasteiger partial charge on any atom is -0.353 e. The van der Waals surface area contributed by atoms with E-state index in [4.69, 9.17) is 0 Å². The number of piperidine rings is 1. The van der Waals surface area contributed by atoms with E-state index in [9.17, 15) is 9.59 Å². The maximum Gasteiger partial charge on any atom is 0.317 e. The molecule has 102 valence electrons. The normalized spacial score (nSPS) is 20.9. The fourth-order valence-corrected chi connectivity index (χ4v) is 2.23. The van der Waals surface area contributed by atoms with Crippen LogP contribution in [0.2, 0.25) is 0 Å². The molecule has 2 N–H and O–H groups in total. The van der Waals surface area contributed by atoms with Gasteiger partial charge in [0.05, 0.1) is 0 Å².